The average Bonchev–Trinajstić information content (AvgIpc) is 3.80. The first-order valence-corrected chi connectivity index (χ1v) is 20.7. The lowest BCUT2D eigenvalue weighted by Crippen LogP contribution is -2.10. The summed E-state index contributed by atoms with van der Waals surface area (Å²) in [6.45, 7) is 12.9. The average molecular weight is 777 g/mol. The summed E-state index contributed by atoms with van der Waals surface area (Å²) in [6.07, 6.45) is 0. The molecule has 0 unspecified atom stereocenters. The van der Waals surface area contributed by atoms with Gasteiger partial charge in [0.2, 0.25) is 0 Å². The van der Waals surface area contributed by atoms with Crippen molar-refractivity contribution >= 4 is 99.5 Å². The van der Waals surface area contributed by atoms with E-state index in [0.717, 1.165) is 99.5 Å². The Morgan fingerprint density at radius 2 is 0.750 bits per heavy atom. The van der Waals surface area contributed by atoms with Crippen LogP contribution >= 0.6 is 0 Å². The van der Waals surface area contributed by atoms with Crippen molar-refractivity contribution in [2.75, 3.05) is 9.80 Å². The van der Waals surface area contributed by atoms with E-state index in [0.29, 0.717) is 0 Å². The van der Waals surface area contributed by atoms with E-state index in [1.807, 2.05) is 0 Å². The molecule has 9 aromatic carbocycles. The molecule has 0 N–H and O–H groups in total. The summed E-state index contributed by atoms with van der Waals surface area (Å²) < 4.78 is 13.5. The van der Waals surface area contributed by atoms with E-state index in [2.05, 4.69) is 209 Å². The minimum Gasteiger partial charge on any atom is -0.456 e. The maximum Gasteiger partial charge on any atom is 0.147 e. The van der Waals surface area contributed by atoms with Gasteiger partial charge in [0.25, 0.3) is 0 Å². The molecule has 4 heteroatoms. The van der Waals surface area contributed by atoms with Gasteiger partial charge in [-0.05, 0) is 195 Å². The molecule has 0 atom stereocenters. The lowest BCUT2D eigenvalue weighted by Gasteiger charge is -2.26. The number of nitrogens with zero attached hydrogens (tertiary/aromatic N) is 2. The van der Waals surface area contributed by atoms with Gasteiger partial charge in [-0.25, -0.2) is 0 Å². The molecule has 0 bridgehead atoms. The number of benzene rings is 9. The molecule has 0 aliphatic heterocycles. The van der Waals surface area contributed by atoms with Crippen LogP contribution in [0.5, 0.6) is 0 Å². The van der Waals surface area contributed by atoms with Gasteiger partial charge in [0.15, 0.2) is 0 Å². The van der Waals surface area contributed by atoms with Crippen molar-refractivity contribution in [1.82, 2.24) is 0 Å². The van der Waals surface area contributed by atoms with E-state index in [-0.39, 0.29) is 0 Å². The standard InChI is InChI=1S/C56H44N2O2/c1-33-7-15-43(16-8-33)57(45-19-11-35(3)37(5)25-45)47-21-13-39-29-50-49-23-24-52-55(56(49)60-53(50)31-41(39)27-47)51-30-40-14-22-48(28-42(40)32-54(51)59-52)58(44-17-9-34(2)10-18-44)46-20-12-36(4)38(6)26-46/h7-32H,1-6H3. The van der Waals surface area contributed by atoms with Crippen molar-refractivity contribution in [1.29, 1.82) is 0 Å². The maximum absolute atomic E-state index is 6.86. The summed E-state index contributed by atoms with van der Waals surface area (Å²) in [5.74, 6) is 0. The van der Waals surface area contributed by atoms with Gasteiger partial charge in [-0.15, -0.1) is 0 Å². The zero-order valence-electron chi connectivity index (χ0n) is 34.7. The quantitative estimate of drug-likeness (QED) is 0.168. The first-order valence-electron chi connectivity index (χ1n) is 20.7. The number of hydrogen-bond donors (Lipinski definition) is 0. The summed E-state index contributed by atoms with van der Waals surface area (Å²) in [4.78, 5) is 4.68. The van der Waals surface area contributed by atoms with Gasteiger partial charge in [-0.3, -0.25) is 0 Å². The second-order valence-electron chi connectivity index (χ2n) is 16.7. The zero-order chi connectivity index (χ0) is 40.8. The van der Waals surface area contributed by atoms with E-state index in [4.69, 9.17) is 8.83 Å². The number of aryl methyl sites for hydroxylation is 6. The number of anilines is 6. The Balaban J connectivity index is 1.03. The minimum atomic E-state index is 0.817. The summed E-state index contributed by atoms with van der Waals surface area (Å²) in [6, 6.07) is 57.5. The predicted octanol–water partition coefficient (Wildman–Crippen LogP) is 16.6. The molecular weight excluding hydrogens is 733 g/mol. The van der Waals surface area contributed by atoms with Crippen molar-refractivity contribution in [3.05, 3.63) is 191 Å². The highest BCUT2D eigenvalue weighted by molar-refractivity contribution is 6.24. The molecule has 0 amide bonds. The molecule has 11 aromatic rings. The Morgan fingerprint density at radius 1 is 0.300 bits per heavy atom. The number of furan rings is 2. The van der Waals surface area contributed by atoms with Gasteiger partial charge in [0, 0.05) is 50.3 Å². The van der Waals surface area contributed by atoms with Gasteiger partial charge >= 0.3 is 0 Å². The van der Waals surface area contributed by atoms with Crippen LogP contribution in [0, 0.1) is 41.5 Å². The Kier molecular flexibility index (Phi) is 8.15. The van der Waals surface area contributed by atoms with Crippen LogP contribution in [-0.4, -0.2) is 0 Å². The maximum atomic E-state index is 6.86. The van der Waals surface area contributed by atoms with Crippen LogP contribution in [0.3, 0.4) is 0 Å². The van der Waals surface area contributed by atoms with Crippen LogP contribution in [-0.2, 0) is 0 Å². The molecule has 60 heavy (non-hydrogen) atoms. The minimum absolute atomic E-state index is 0.817. The van der Waals surface area contributed by atoms with E-state index in [1.54, 1.807) is 0 Å². The molecular formula is C56H44N2O2. The van der Waals surface area contributed by atoms with Crippen LogP contribution in [0.1, 0.15) is 33.4 Å². The second-order valence-corrected chi connectivity index (χ2v) is 16.7. The van der Waals surface area contributed by atoms with E-state index in [1.165, 1.54) is 33.4 Å². The fourth-order valence-electron chi connectivity index (χ4n) is 8.84. The Hall–Kier alpha value is -7.30. The third-order valence-corrected chi connectivity index (χ3v) is 12.6. The van der Waals surface area contributed by atoms with Crippen LogP contribution in [0.2, 0.25) is 0 Å². The summed E-state index contributed by atoms with van der Waals surface area (Å²) in [5, 5.41) is 8.78. The smallest absolute Gasteiger partial charge is 0.147 e. The van der Waals surface area contributed by atoms with Gasteiger partial charge in [0.05, 0.1) is 5.39 Å². The fraction of sp³-hybridized carbons (Fsp3) is 0.107. The Bertz CT molecular complexity index is 3500. The van der Waals surface area contributed by atoms with Crippen LogP contribution in [0.25, 0.3) is 65.4 Å². The largest absolute Gasteiger partial charge is 0.456 e. The molecule has 2 aromatic heterocycles. The van der Waals surface area contributed by atoms with E-state index in [9.17, 15) is 0 Å². The highest BCUT2D eigenvalue weighted by Crippen LogP contribution is 2.44. The van der Waals surface area contributed by atoms with Crippen molar-refractivity contribution in [3.8, 4) is 0 Å². The molecule has 0 saturated carbocycles. The number of rotatable bonds is 6. The zero-order valence-corrected chi connectivity index (χ0v) is 34.7. The van der Waals surface area contributed by atoms with Crippen LogP contribution in [0.4, 0.5) is 34.1 Å². The molecule has 0 fully saturated rings. The first kappa shape index (κ1) is 35.8. The second kappa shape index (κ2) is 13.6. The van der Waals surface area contributed by atoms with Crippen LogP contribution < -0.4 is 9.80 Å². The SMILES string of the molecule is Cc1ccc(N(c2ccc(C)c(C)c2)c2ccc3cc4c(cc3c2)oc2c4ccc3oc4cc5cc(N(c6ccc(C)cc6)c6ccc(C)c(C)c6)ccc5cc4c32)cc1. The normalized spacial score (nSPS) is 11.8. The predicted molar refractivity (Wildman–Crippen MR) is 254 cm³/mol. The van der Waals surface area contributed by atoms with E-state index < -0.39 is 0 Å². The molecule has 0 aliphatic carbocycles. The molecule has 290 valence electrons. The van der Waals surface area contributed by atoms with Gasteiger partial charge in [-0.2, -0.15) is 0 Å². The van der Waals surface area contributed by atoms with Gasteiger partial charge < -0.3 is 18.6 Å². The molecule has 0 aliphatic rings. The topological polar surface area (TPSA) is 32.8 Å². The molecule has 0 radical (unpaired) electrons. The lowest BCUT2D eigenvalue weighted by atomic mass is 10.0. The monoisotopic (exact) mass is 776 g/mol. The summed E-state index contributed by atoms with van der Waals surface area (Å²) in [5.41, 5.74) is 17.6. The highest BCUT2D eigenvalue weighted by Gasteiger charge is 2.20. The first-order chi connectivity index (χ1) is 29.1. The summed E-state index contributed by atoms with van der Waals surface area (Å²) >= 11 is 0. The Labute approximate surface area is 349 Å². The number of fused-ring (bicyclic) bond motifs is 9. The molecule has 11 rings (SSSR count). The lowest BCUT2D eigenvalue weighted by molar-refractivity contribution is 0.663. The van der Waals surface area contributed by atoms with E-state index >= 15 is 0 Å². The van der Waals surface area contributed by atoms with Gasteiger partial charge in [-0.1, -0.05) is 59.7 Å². The van der Waals surface area contributed by atoms with Gasteiger partial charge in [0.1, 0.15) is 22.3 Å². The third-order valence-electron chi connectivity index (χ3n) is 12.6. The van der Waals surface area contributed by atoms with Crippen LogP contribution in [0.15, 0.2) is 167 Å². The molecule has 0 spiro atoms. The fourth-order valence-corrected chi connectivity index (χ4v) is 8.84. The van der Waals surface area contributed by atoms with Crippen molar-refractivity contribution < 1.29 is 8.83 Å². The van der Waals surface area contributed by atoms with Crippen molar-refractivity contribution in [2.45, 2.75) is 41.5 Å². The summed E-state index contributed by atoms with van der Waals surface area (Å²) in [7, 11) is 0. The van der Waals surface area contributed by atoms with Crippen molar-refractivity contribution in [3.63, 3.8) is 0 Å². The highest BCUT2D eigenvalue weighted by atomic mass is 16.3. The third kappa shape index (κ3) is 5.90. The number of hydrogen-bond acceptors (Lipinski definition) is 4. The molecule has 4 nitrogen and oxygen atoms in total. The Morgan fingerprint density at radius 3 is 1.27 bits per heavy atom. The van der Waals surface area contributed by atoms with Crippen molar-refractivity contribution in [2.24, 2.45) is 0 Å². The molecule has 0 saturated heterocycles. The molecule has 2 heterocycles.